The molecule has 2 aromatic carbocycles. The van der Waals surface area contributed by atoms with Crippen LogP contribution in [0.4, 0.5) is 11.4 Å². The van der Waals surface area contributed by atoms with Crippen LogP contribution in [-0.4, -0.2) is 26.6 Å². The second kappa shape index (κ2) is 7.27. The molecule has 0 atom stereocenters. The fourth-order valence-electron chi connectivity index (χ4n) is 2.96. The summed E-state index contributed by atoms with van der Waals surface area (Å²) in [6.07, 6.45) is 2.72. The van der Waals surface area contributed by atoms with Gasteiger partial charge in [0.2, 0.25) is 10.0 Å². The molecule has 132 valence electrons. The van der Waals surface area contributed by atoms with Crippen molar-refractivity contribution >= 4 is 27.3 Å². The minimum atomic E-state index is -3.18. The maximum Gasteiger partial charge on any atom is 0.255 e. The highest BCUT2D eigenvalue weighted by atomic mass is 32.2. The predicted molar refractivity (Wildman–Crippen MR) is 101 cm³/mol. The van der Waals surface area contributed by atoms with Crippen LogP contribution in [0.25, 0.3) is 0 Å². The smallest absolute Gasteiger partial charge is 0.255 e. The number of hydrogen-bond donors (Lipinski definition) is 1. The molecule has 1 aliphatic rings. The van der Waals surface area contributed by atoms with Crippen molar-refractivity contribution in [2.45, 2.75) is 26.2 Å². The lowest BCUT2D eigenvalue weighted by molar-refractivity contribution is 0.102. The topological polar surface area (TPSA) is 66.5 Å². The van der Waals surface area contributed by atoms with Gasteiger partial charge in [-0.15, -0.1) is 0 Å². The van der Waals surface area contributed by atoms with Gasteiger partial charge in [-0.2, -0.15) is 0 Å². The lowest BCUT2D eigenvalue weighted by Crippen LogP contribution is -2.24. The Morgan fingerprint density at radius 2 is 1.76 bits per heavy atom. The normalized spacial score (nSPS) is 16.0. The number of sulfonamides is 1. The molecule has 2 aromatic rings. The van der Waals surface area contributed by atoms with E-state index in [4.69, 9.17) is 0 Å². The average molecular weight is 358 g/mol. The molecule has 0 unspecified atom stereocenters. The average Bonchev–Trinajstić information content (AvgIpc) is 2.96. The van der Waals surface area contributed by atoms with Crippen molar-refractivity contribution < 1.29 is 13.2 Å². The molecule has 3 rings (SSSR count). The highest BCUT2D eigenvalue weighted by Gasteiger charge is 2.28. The zero-order valence-electron chi connectivity index (χ0n) is 14.2. The van der Waals surface area contributed by atoms with E-state index in [1.54, 1.807) is 24.3 Å². The van der Waals surface area contributed by atoms with Crippen LogP contribution in [-0.2, 0) is 16.4 Å². The summed E-state index contributed by atoms with van der Waals surface area (Å²) in [6, 6.07) is 14.5. The Morgan fingerprint density at radius 3 is 2.32 bits per heavy atom. The van der Waals surface area contributed by atoms with Crippen molar-refractivity contribution in [3.63, 3.8) is 0 Å². The molecular formula is C19H22N2O3S. The monoisotopic (exact) mass is 358 g/mol. The summed E-state index contributed by atoms with van der Waals surface area (Å²) in [5, 5.41) is 2.84. The highest BCUT2D eigenvalue weighted by Crippen LogP contribution is 2.25. The Bertz CT molecular complexity index is 843. The van der Waals surface area contributed by atoms with Crippen LogP contribution in [0.15, 0.2) is 48.5 Å². The quantitative estimate of drug-likeness (QED) is 0.890. The minimum Gasteiger partial charge on any atom is -0.322 e. The number of carbonyl (C=O) groups excluding carboxylic acids is 1. The van der Waals surface area contributed by atoms with Gasteiger partial charge in [-0.3, -0.25) is 9.10 Å². The molecule has 0 spiro atoms. The third-order valence-corrected chi connectivity index (χ3v) is 6.14. The van der Waals surface area contributed by atoms with E-state index >= 15 is 0 Å². The zero-order valence-corrected chi connectivity index (χ0v) is 15.1. The maximum absolute atomic E-state index is 12.3. The van der Waals surface area contributed by atoms with Crippen molar-refractivity contribution in [2.24, 2.45) is 0 Å². The van der Waals surface area contributed by atoms with Gasteiger partial charge >= 0.3 is 0 Å². The van der Waals surface area contributed by atoms with E-state index in [-0.39, 0.29) is 11.7 Å². The van der Waals surface area contributed by atoms with Gasteiger partial charge in [0.1, 0.15) is 0 Å². The molecule has 5 nitrogen and oxygen atoms in total. The van der Waals surface area contributed by atoms with Gasteiger partial charge in [0.05, 0.1) is 11.4 Å². The van der Waals surface area contributed by atoms with E-state index in [0.29, 0.717) is 29.9 Å². The van der Waals surface area contributed by atoms with Crippen molar-refractivity contribution in [3.8, 4) is 0 Å². The van der Waals surface area contributed by atoms with Crippen molar-refractivity contribution in [1.29, 1.82) is 0 Å². The number of amides is 1. The molecule has 1 heterocycles. The minimum absolute atomic E-state index is 0.176. The number of anilines is 2. The Balaban J connectivity index is 1.67. The molecule has 0 aliphatic carbocycles. The lowest BCUT2D eigenvalue weighted by Gasteiger charge is -2.17. The first-order valence-corrected chi connectivity index (χ1v) is 10.1. The third kappa shape index (κ3) is 4.02. The summed E-state index contributed by atoms with van der Waals surface area (Å²) in [7, 11) is -3.18. The molecule has 1 fully saturated rings. The standard InChI is InChI=1S/C19H22N2O3S/c1-2-4-15-5-7-16(8-6-15)19(22)20-17-9-11-18(12-10-17)21-13-3-14-25(21,23)24/h5-12H,2-4,13-14H2,1H3,(H,20,22). The first-order chi connectivity index (χ1) is 12.0. The molecule has 1 saturated heterocycles. The highest BCUT2D eigenvalue weighted by molar-refractivity contribution is 7.93. The van der Waals surface area contributed by atoms with E-state index in [2.05, 4.69) is 12.2 Å². The van der Waals surface area contributed by atoms with Crippen LogP contribution in [0.5, 0.6) is 0 Å². The second-order valence-corrected chi connectivity index (χ2v) is 8.20. The number of carbonyl (C=O) groups is 1. The molecule has 0 aromatic heterocycles. The van der Waals surface area contributed by atoms with Crippen LogP contribution in [0.1, 0.15) is 35.7 Å². The predicted octanol–water partition coefficient (Wildman–Crippen LogP) is 3.43. The Hall–Kier alpha value is -2.34. The molecule has 1 amide bonds. The van der Waals surface area contributed by atoms with Gasteiger partial charge in [-0.1, -0.05) is 25.5 Å². The van der Waals surface area contributed by atoms with Crippen molar-refractivity contribution in [1.82, 2.24) is 0 Å². The molecule has 0 bridgehead atoms. The third-order valence-electron chi connectivity index (χ3n) is 4.27. The maximum atomic E-state index is 12.3. The SMILES string of the molecule is CCCc1ccc(C(=O)Nc2ccc(N3CCCS3(=O)=O)cc2)cc1. The Morgan fingerprint density at radius 1 is 1.08 bits per heavy atom. The van der Waals surface area contributed by atoms with E-state index in [9.17, 15) is 13.2 Å². The van der Waals surface area contributed by atoms with E-state index in [0.717, 1.165) is 12.8 Å². The van der Waals surface area contributed by atoms with E-state index < -0.39 is 10.0 Å². The first-order valence-electron chi connectivity index (χ1n) is 8.50. The number of nitrogens with one attached hydrogen (secondary N) is 1. The van der Waals surface area contributed by atoms with Crippen molar-refractivity contribution in [3.05, 3.63) is 59.7 Å². The van der Waals surface area contributed by atoms with Gasteiger partial charge in [-0.05, 0) is 54.8 Å². The molecule has 0 saturated carbocycles. The summed E-state index contributed by atoms with van der Waals surface area (Å²) in [5.74, 6) is 0.0177. The number of rotatable bonds is 5. The van der Waals surface area contributed by atoms with Crippen LogP contribution in [0.3, 0.4) is 0 Å². The molecule has 0 radical (unpaired) electrons. The van der Waals surface area contributed by atoms with Crippen LogP contribution >= 0.6 is 0 Å². The second-order valence-electron chi connectivity index (χ2n) is 6.19. The molecule has 6 heteroatoms. The Labute approximate surface area is 148 Å². The fraction of sp³-hybridized carbons (Fsp3) is 0.316. The lowest BCUT2D eigenvalue weighted by atomic mass is 10.1. The molecule has 25 heavy (non-hydrogen) atoms. The fourth-order valence-corrected chi connectivity index (χ4v) is 4.52. The number of benzene rings is 2. The van der Waals surface area contributed by atoms with Gasteiger partial charge in [0, 0.05) is 17.8 Å². The summed E-state index contributed by atoms with van der Waals surface area (Å²) < 4.78 is 25.3. The van der Waals surface area contributed by atoms with Crippen LogP contribution < -0.4 is 9.62 Å². The van der Waals surface area contributed by atoms with Crippen LogP contribution in [0.2, 0.25) is 0 Å². The number of aryl methyl sites for hydroxylation is 1. The molecule has 1 N–H and O–H groups in total. The number of hydrogen-bond acceptors (Lipinski definition) is 3. The largest absolute Gasteiger partial charge is 0.322 e. The van der Waals surface area contributed by atoms with Crippen LogP contribution in [0, 0.1) is 0 Å². The zero-order chi connectivity index (χ0) is 17.9. The molecular weight excluding hydrogens is 336 g/mol. The summed E-state index contributed by atoms with van der Waals surface area (Å²) in [5.41, 5.74) is 3.10. The first kappa shape index (κ1) is 17.5. The summed E-state index contributed by atoms with van der Waals surface area (Å²) in [4.78, 5) is 12.3. The van der Waals surface area contributed by atoms with E-state index in [1.165, 1.54) is 9.87 Å². The summed E-state index contributed by atoms with van der Waals surface area (Å²) in [6.45, 7) is 2.63. The van der Waals surface area contributed by atoms with E-state index in [1.807, 2.05) is 24.3 Å². The van der Waals surface area contributed by atoms with Gasteiger partial charge in [-0.25, -0.2) is 8.42 Å². The van der Waals surface area contributed by atoms with Crippen molar-refractivity contribution in [2.75, 3.05) is 21.9 Å². The summed E-state index contributed by atoms with van der Waals surface area (Å²) >= 11 is 0. The van der Waals surface area contributed by atoms with Gasteiger partial charge in [0.15, 0.2) is 0 Å². The molecule has 1 aliphatic heterocycles. The number of nitrogens with zero attached hydrogens (tertiary/aromatic N) is 1. The Kier molecular flexibility index (Phi) is 5.08. The van der Waals surface area contributed by atoms with Gasteiger partial charge in [0.25, 0.3) is 5.91 Å². The van der Waals surface area contributed by atoms with Gasteiger partial charge < -0.3 is 5.32 Å².